The van der Waals surface area contributed by atoms with Crippen molar-refractivity contribution >= 4 is 23.2 Å². The van der Waals surface area contributed by atoms with Gasteiger partial charge >= 0.3 is 12.1 Å². The van der Waals surface area contributed by atoms with Crippen LogP contribution < -0.4 is 5.32 Å². The number of fused-ring (bicyclic) bond motifs is 1. The molecule has 6 nitrogen and oxygen atoms in total. The molecule has 0 spiro atoms. The van der Waals surface area contributed by atoms with Crippen LogP contribution in [0.3, 0.4) is 0 Å². The number of hydrogen-bond donors (Lipinski definition) is 2. The summed E-state index contributed by atoms with van der Waals surface area (Å²) in [6, 6.07) is 2.14. The van der Waals surface area contributed by atoms with Crippen molar-refractivity contribution < 1.29 is 41.4 Å². The number of carboxylic acid groups (broad SMARTS) is 1. The molecule has 0 radical (unpaired) electrons. The van der Waals surface area contributed by atoms with Gasteiger partial charge in [-0.2, -0.15) is 24.5 Å². The maximum atomic E-state index is 12.9. The van der Waals surface area contributed by atoms with E-state index in [0.717, 1.165) is 19.6 Å². The van der Waals surface area contributed by atoms with Gasteiger partial charge in [-0.05, 0) is 22.4 Å². The minimum Gasteiger partial charge on any atom is -0.475 e. The third kappa shape index (κ3) is 6.36. The summed E-state index contributed by atoms with van der Waals surface area (Å²) in [5, 5.41) is 14.2. The fourth-order valence-electron chi connectivity index (χ4n) is 4.08. The predicted molar refractivity (Wildman–Crippen MR) is 101 cm³/mol. The first kappa shape index (κ1) is 23.9. The van der Waals surface area contributed by atoms with Gasteiger partial charge in [-0.25, -0.2) is 13.6 Å². The monoisotopic (exact) mass is 470 g/mol. The van der Waals surface area contributed by atoms with Crippen molar-refractivity contribution in [2.24, 2.45) is 17.8 Å². The van der Waals surface area contributed by atoms with E-state index in [1.165, 1.54) is 5.56 Å². The zero-order chi connectivity index (χ0) is 22.8. The van der Waals surface area contributed by atoms with Crippen molar-refractivity contribution in [3.8, 4) is 0 Å². The van der Waals surface area contributed by atoms with Crippen LogP contribution in [-0.2, 0) is 20.9 Å². The largest absolute Gasteiger partial charge is 0.490 e. The SMILES string of the molecule is O=C(NC[C@@H]1CO[C@@H]2CN(Cc3ccsc3)C[C@H]12)C1CC(F)(F)C1.O=C(O)C(F)(F)F. The third-order valence-electron chi connectivity index (χ3n) is 5.74. The number of halogens is 5. The summed E-state index contributed by atoms with van der Waals surface area (Å²) in [4.78, 5) is 23.2. The van der Waals surface area contributed by atoms with Crippen molar-refractivity contribution in [2.75, 3.05) is 26.2 Å². The van der Waals surface area contributed by atoms with Gasteiger partial charge in [0.1, 0.15) is 0 Å². The van der Waals surface area contributed by atoms with Crippen molar-refractivity contribution in [1.82, 2.24) is 10.2 Å². The van der Waals surface area contributed by atoms with Crippen LogP contribution in [0.4, 0.5) is 22.0 Å². The molecule has 1 aliphatic carbocycles. The summed E-state index contributed by atoms with van der Waals surface area (Å²) in [5.74, 6) is -5.43. The Morgan fingerprint density at radius 1 is 1.29 bits per heavy atom. The maximum absolute atomic E-state index is 12.9. The maximum Gasteiger partial charge on any atom is 0.490 e. The molecular formula is C19H23F5N2O4S. The van der Waals surface area contributed by atoms with Gasteiger partial charge in [0, 0.05) is 56.8 Å². The molecule has 1 amide bonds. The fourth-order valence-corrected chi connectivity index (χ4v) is 4.74. The highest BCUT2D eigenvalue weighted by atomic mass is 32.1. The van der Waals surface area contributed by atoms with Crippen molar-refractivity contribution in [3.63, 3.8) is 0 Å². The van der Waals surface area contributed by atoms with Crippen LogP contribution in [0.15, 0.2) is 16.8 Å². The highest BCUT2D eigenvalue weighted by Gasteiger charge is 2.49. The van der Waals surface area contributed by atoms with Crippen LogP contribution in [0.2, 0.25) is 0 Å². The molecule has 12 heteroatoms. The Labute approximate surface area is 179 Å². The Morgan fingerprint density at radius 2 is 1.97 bits per heavy atom. The molecule has 3 atom stereocenters. The van der Waals surface area contributed by atoms with Crippen molar-refractivity contribution in [1.29, 1.82) is 0 Å². The molecule has 3 heterocycles. The van der Waals surface area contributed by atoms with E-state index in [-0.39, 0.29) is 30.8 Å². The first-order chi connectivity index (χ1) is 14.4. The van der Waals surface area contributed by atoms with Crippen molar-refractivity contribution in [2.45, 2.75) is 37.6 Å². The van der Waals surface area contributed by atoms with E-state index in [0.29, 0.717) is 19.1 Å². The number of carboxylic acids is 1. The van der Waals surface area contributed by atoms with Gasteiger partial charge in [0.2, 0.25) is 11.8 Å². The number of thiophene rings is 1. The Bertz CT molecular complexity index is 766. The summed E-state index contributed by atoms with van der Waals surface area (Å²) in [6.07, 6.45) is -5.46. The van der Waals surface area contributed by atoms with Crippen LogP contribution in [0.25, 0.3) is 0 Å². The number of alkyl halides is 5. The second kappa shape index (κ2) is 9.37. The zero-order valence-electron chi connectivity index (χ0n) is 16.4. The van der Waals surface area contributed by atoms with E-state index in [2.05, 4.69) is 27.0 Å². The molecule has 0 unspecified atom stereocenters. The molecule has 3 fully saturated rings. The number of nitrogens with zero attached hydrogens (tertiary/aromatic N) is 1. The topological polar surface area (TPSA) is 78.9 Å². The molecule has 1 aromatic heterocycles. The highest BCUT2D eigenvalue weighted by molar-refractivity contribution is 7.07. The number of aliphatic carboxylic acids is 1. The predicted octanol–water partition coefficient (Wildman–Crippen LogP) is 2.99. The number of carbonyl (C=O) groups excluding carboxylic acids is 1. The second-order valence-electron chi connectivity index (χ2n) is 8.13. The number of amides is 1. The molecule has 2 N–H and O–H groups in total. The summed E-state index contributed by atoms with van der Waals surface area (Å²) in [6.45, 7) is 4.04. The Kier molecular flexibility index (Phi) is 7.21. The fraction of sp³-hybridized carbons (Fsp3) is 0.684. The quantitative estimate of drug-likeness (QED) is 0.647. The number of hydrogen-bond acceptors (Lipinski definition) is 5. The van der Waals surface area contributed by atoms with Gasteiger partial charge in [-0.15, -0.1) is 0 Å². The zero-order valence-corrected chi connectivity index (χ0v) is 17.2. The Hall–Kier alpha value is -1.79. The lowest BCUT2D eigenvalue weighted by Gasteiger charge is -2.34. The third-order valence-corrected chi connectivity index (χ3v) is 6.47. The van der Waals surface area contributed by atoms with Crippen LogP contribution in [-0.4, -0.2) is 66.3 Å². The number of nitrogens with one attached hydrogen (secondary N) is 1. The summed E-state index contributed by atoms with van der Waals surface area (Å²) >= 11 is 1.71. The molecule has 2 aliphatic heterocycles. The van der Waals surface area contributed by atoms with E-state index >= 15 is 0 Å². The van der Waals surface area contributed by atoms with Gasteiger partial charge in [-0.1, -0.05) is 0 Å². The molecule has 1 saturated carbocycles. The normalized spacial score (nSPS) is 27.7. The molecule has 3 aliphatic rings. The van der Waals surface area contributed by atoms with Crippen LogP contribution in [0.5, 0.6) is 0 Å². The van der Waals surface area contributed by atoms with Crippen LogP contribution >= 0.6 is 11.3 Å². The lowest BCUT2D eigenvalue weighted by Crippen LogP contribution is -2.46. The average Bonchev–Trinajstić information content (AvgIpc) is 3.36. The van der Waals surface area contributed by atoms with E-state index in [1.807, 2.05) is 0 Å². The Balaban J connectivity index is 0.000000339. The number of rotatable bonds is 5. The van der Waals surface area contributed by atoms with Gasteiger partial charge in [0.05, 0.1) is 12.7 Å². The van der Waals surface area contributed by atoms with E-state index < -0.39 is 24.0 Å². The highest BCUT2D eigenvalue weighted by Crippen LogP contribution is 2.42. The summed E-state index contributed by atoms with van der Waals surface area (Å²) in [7, 11) is 0. The van der Waals surface area contributed by atoms with Gasteiger partial charge < -0.3 is 15.2 Å². The summed E-state index contributed by atoms with van der Waals surface area (Å²) < 4.78 is 63.4. The van der Waals surface area contributed by atoms with E-state index in [9.17, 15) is 26.7 Å². The van der Waals surface area contributed by atoms with E-state index in [4.69, 9.17) is 14.6 Å². The molecular weight excluding hydrogens is 447 g/mol. The Morgan fingerprint density at radius 3 is 2.52 bits per heavy atom. The first-order valence-electron chi connectivity index (χ1n) is 9.75. The lowest BCUT2D eigenvalue weighted by atomic mass is 9.80. The first-order valence-corrected chi connectivity index (χ1v) is 10.7. The molecule has 31 heavy (non-hydrogen) atoms. The van der Waals surface area contributed by atoms with Crippen LogP contribution in [0, 0.1) is 17.8 Å². The molecule has 0 bridgehead atoms. The standard InChI is InChI=1S/C17H22F2N2O2S.C2HF3O2/c18-17(19)3-12(4-17)16(22)20-5-13-9-23-15-8-21(7-14(13)15)6-11-1-2-24-10-11;3-2(4,5)1(6)7/h1-2,10,12-15H,3-9H2,(H,20,22);(H,6,7)/t13-,14-,15-;/m1./s1. The van der Waals surface area contributed by atoms with E-state index in [1.54, 1.807) is 11.3 Å². The lowest BCUT2D eigenvalue weighted by molar-refractivity contribution is -0.192. The minimum atomic E-state index is -5.08. The summed E-state index contributed by atoms with van der Waals surface area (Å²) in [5.41, 5.74) is 1.33. The van der Waals surface area contributed by atoms with Crippen molar-refractivity contribution in [3.05, 3.63) is 22.4 Å². The molecule has 1 aromatic rings. The average molecular weight is 470 g/mol. The van der Waals surface area contributed by atoms with Gasteiger partial charge in [0.25, 0.3) is 0 Å². The second-order valence-corrected chi connectivity index (χ2v) is 8.91. The molecule has 0 aromatic carbocycles. The molecule has 174 valence electrons. The smallest absolute Gasteiger partial charge is 0.475 e. The number of carbonyl (C=O) groups is 2. The molecule has 4 rings (SSSR count). The number of ether oxygens (including phenoxy) is 1. The van der Waals surface area contributed by atoms with Gasteiger partial charge in [0.15, 0.2) is 0 Å². The number of likely N-dealkylation sites (tertiary alicyclic amines) is 1. The van der Waals surface area contributed by atoms with Gasteiger partial charge in [-0.3, -0.25) is 9.69 Å². The molecule has 2 saturated heterocycles. The minimum absolute atomic E-state index is 0.225. The van der Waals surface area contributed by atoms with Crippen LogP contribution in [0.1, 0.15) is 18.4 Å².